The van der Waals surface area contributed by atoms with Crippen molar-refractivity contribution in [3.8, 4) is 0 Å². The lowest BCUT2D eigenvalue weighted by Gasteiger charge is -2.34. The third kappa shape index (κ3) is 4.40. The molecule has 5 atom stereocenters. The van der Waals surface area contributed by atoms with Gasteiger partial charge in [-0.25, -0.2) is 9.78 Å². The Kier molecular flexibility index (Phi) is 6.53. The van der Waals surface area contributed by atoms with Crippen LogP contribution in [0.3, 0.4) is 0 Å². The predicted molar refractivity (Wildman–Crippen MR) is 152 cm³/mol. The number of carboxylic acids is 1. The molecule has 1 saturated carbocycles. The summed E-state index contributed by atoms with van der Waals surface area (Å²) in [7, 11) is 1.75. The molecule has 0 spiro atoms. The monoisotopic (exact) mass is 545 g/mol. The van der Waals surface area contributed by atoms with E-state index >= 15 is 0 Å². The number of nitrogens with one attached hydrogen (secondary N) is 1. The number of ether oxygens (including phenoxy) is 1. The maximum Gasteiger partial charge on any atom is 0.337 e. The zero-order valence-electron chi connectivity index (χ0n) is 23.3. The number of amides is 1. The molecule has 3 unspecified atom stereocenters. The van der Waals surface area contributed by atoms with E-state index in [1.807, 2.05) is 37.8 Å². The largest absolute Gasteiger partial charge is 0.478 e. The number of hydrogen-bond acceptors (Lipinski definition) is 7. The number of carboxylic acid groups (broad SMARTS) is 1. The molecule has 0 bridgehead atoms. The van der Waals surface area contributed by atoms with Crippen LogP contribution in [0.2, 0.25) is 0 Å². The number of piperidine rings is 1. The fraction of sp³-hybridized carbons (Fsp3) is 0.467. The number of hydrogen-bond donors (Lipinski definition) is 2. The number of carbonyl (C=O) groups excluding carboxylic acids is 1. The normalized spacial score (nSPS) is 24.6. The van der Waals surface area contributed by atoms with Crippen LogP contribution in [0.15, 0.2) is 41.2 Å². The van der Waals surface area contributed by atoms with Crippen molar-refractivity contribution in [1.29, 1.82) is 0 Å². The Hall–Kier alpha value is -3.92. The summed E-state index contributed by atoms with van der Waals surface area (Å²) in [6.07, 6.45) is 0. The highest BCUT2D eigenvalue weighted by molar-refractivity contribution is 5.94. The standard InChI is InChI=1S/C30H35N5O5/c1-16-11-20(18(3)31-24-8-6-5-7-19(24)29(38)39)26-21(12-16)27(36)33(4)30(32-26)34-13-22-23(14-34)25(22)28(37)35-9-10-40-15-17(35)2/h5-8,11-12,17-18,22-23,25,31H,9-10,13-15H2,1-4H3,(H,38,39)/t17?,18?,22-,23+,25?. The Labute approximate surface area is 232 Å². The predicted octanol–water partition coefficient (Wildman–Crippen LogP) is 3.04. The highest BCUT2D eigenvalue weighted by atomic mass is 16.5. The highest BCUT2D eigenvalue weighted by Crippen LogP contribution is 2.53. The lowest BCUT2D eigenvalue weighted by molar-refractivity contribution is -0.141. The maximum absolute atomic E-state index is 13.6. The van der Waals surface area contributed by atoms with Crippen molar-refractivity contribution in [1.82, 2.24) is 14.5 Å². The van der Waals surface area contributed by atoms with Gasteiger partial charge in [0.25, 0.3) is 5.56 Å². The van der Waals surface area contributed by atoms with Crippen LogP contribution in [0.4, 0.5) is 11.6 Å². The van der Waals surface area contributed by atoms with E-state index in [2.05, 4.69) is 10.2 Å². The van der Waals surface area contributed by atoms with Gasteiger partial charge in [0, 0.05) is 43.9 Å². The van der Waals surface area contributed by atoms with Crippen molar-refractivity contribution in [2.24, 2.45) is 24.8 Å². The molecule has 2 aliphatic heterocycles. The van der Waals surface area contributed by atoms with Crippen LogP contribution in [-0.2, 0) is 16.6 Å². The van der Waals surface area contributed by atoms with Gasteiger partial charge in [-0.3, -0.25) is 14.2 Å². The summed E-state index contributed by atoms with van der Waals surface area (Å²) in [5, 5.41) is 13.5. The molecule has 1 aromatic heterocycles. The van der Waals surface area contributed by atoms with E-state index < -0.39 is 5.97 Å². The van der Waals surface area contributed by atoms with E-state index in [1.54, 1.807) is 35.9 Å². The van der Waals surface area contributed by atoms with Gasteiger partial charge in [-0.2, -0.15) is 0 Å². The van der Waals surface area contributed by atoms with Gasteiger partial charge in [-0.15, -0.1) is 0 Å². The molecular formula is C30H35N5O5. The van der Waals surface area contributed by atoms with Crippen molar-refractivity contribution >= 4 is 34.4 Å². The van der Waals surface area contributed by atoms with Gasteiger partial charge in [0.1, 0.15) is 0 Å². The second-order valence-electron chi connectivity index (χ2n) is 11.5. The van der Waals surface area contributed by atoms with Gasteiger partial charge >= 0.3 is 5.97 Å². The van der Waals surface area contributed by atoms with Crippen LogP contribution >= 0.6 is 0 Å². The summed E-state index contributed by atoms with van der Waals surface area (Å²) in [5.41, 5.74) is 2.92. The molecule has 210 valence electrons. The Morgan fingerprint density at radius 2 is 1.90 bits per heavy atom. The Morgan fingerprint density at radius 3 is 2.60 bits per heavy atom. The van der Waals surface area contributed by atoms with Crippen LogP contribution < -0.4 is 15.8 Å². The van der Waals surface area contributed by atoms with E-state index in [0.29, 0.717) is 55.4 Å². The number of aromatic carboxylic acids is 1. The fourth-order valence-electron chi connectivity index (χ4n) is 6.56. The second kappa shape index (κ2) is 9.92. The summed E-state index contributed by atoms with van der Waals surface area (Å²) in [6.45, 7) is 9.11. The number of para-hydroxylation sites is 1. The SMILES string of the molecule is Cc1cc(C(C)Nc2ccccc2C(=O)O)c2nc(N3C[C@@H]4C(C(=O)N5CCOCC5C)[C@@H]4C3)n(C)c(=O)c2c1. The molecule has 10 nitrogen and oxygen atoms in total. The summed E-state index contributed by atoms with van der Waals surface area (Å²) in [5.74, 6) is 0.377. The van der Waals surface area contributed by atoms with E-state index in [-0.39, 0.29) is 46.9 Å². The van der Waals surface area contributed by atoms with Crippen molar-refractivity contribution in [2.45, 2.75) is 32.9 Å². The van der Waals surface area contributed by atoms with Gasteiger partial charge in [-0.05, 0) is 56.4 Å². The quantitative estimate of drug-likeness (QED) is 0.486. The van der Waals surface area contributed by atoms with E-state index in [0.717, 1.165) is 11.1 Å². The average molecular weight is 546 g/mol. The lowest BCUT2D eigenvalue weighted by Crippen LogP contribution is -2.48. The molecule has 0 radical (unpaired) electrons. The molecule has 6 rings (SSSR count). The third-order valence-electron chi connectivity index (χ3n) is 8.74. The summed E-state index contributed by atoms with van der Waals surface area (Å²) in [6, 6.07) is 10.4. The Morgan fingerprint density at radius 1 is 1.18 bits per heavy atom. The van der Waals surface area contributed by atoms with Crippen molar-refractivity contribution in [3.05, 3.63) is 63.4 Å². The molecule has 2 aromatic carbocycles. The fourth-order valence-corrected chi connectivity index (χ4v) is 6.56. The molecule has 40 heavy (non-hydrogen) atoms. The molecule has 1 aliphatic carbocycles. The third-order valence-corrected chi connectivity index (χ3v) is 8.74. The Bertz CT molecular complexity index is 1560. The van der Waals surface area contributed by atoms with Crippen molar-refractivity contribution in [2.75, 3.05) is 43.1 Å². The molecule has 10 heteroatoms. The molecular weight excluding hydrogens is 510 g/mol. The van der Waals surface area contributed by atoms with Crippen LogP contribution in [0.1, 0.15) is 41.4 Å². The number of fused-ring (bicyclic) bond motifs is 2. The minimum Gasteiger partial charge on any atom is -0.478 e. The second-order valence-corrected chi connectivity index (χ2v) is 11.5. The molecule has 1 amide bonds. The number of carbonyl (C=O) groups is 2. The van der Waals surface area contributed by atoms with E-state index in [1.165, 1.54) is 0 Å². The molecule has 3 aromatic rings. The highest BCUT2D eigenvalue weighted by Gasteiger charge is 2.61. The summed E-state index contributed by atoms with van der Waals surface area (Å²) >= 11 is 0. The number of morpholine rings is 1. The van der Waals surface area contributed by atoms with Crippen LogP contribution in [0, 0.1) is 24.7 Å². The smallest absolute Gasteiger partial charge is 0.337 e. The molecule has 2 saturated heterocycles. The summed E-state index contributed by atoms with van der Waals surface area (Å²) in [4.78, 5) is 47.7. The van der Waals surface area contributed by atoms with E-state index in [4.69, 9.17) is 9.72 Å². The topological polar surface area (TPSA) is 117 Å². The molecule has 3 fully saturated rings. The minimum atomic E-state index is -1.01. The van der Waals surface area contributed by atoms with Crippen LogP contribution in [0.5, 0.6) is 0 Å². The first kappa shape index (κ1) is 26.3. The molecule has 3 aliphatic rings. The number of aromatic nitrogens is 2. The number of aryl methyl sites for hydroxylation is 1. The molecule has 3 heterocycles. The Balaban J connectivity index is 1.28. The number of nitrogens with zero attached hydrogens (tertiary/aromatic N) is 4. The van der Waals surface area contributed by atoms with Crippen LogP contribution in [0.25, 0.3) is 10.9 Å². The first-order chi connectivity index (χ1) is 19.2. The van der Waals surface area contributed by atoms with Crippen molar-refractivity contribution < 1.29 is 19.4 Å². The minimum absolute atomic E-state index is 0.0334. The first-order valence-electron chi connectivity index (χ1n) is 13.9. The number of benzene rings is 2. The average Bonchev–Trinajstić information content (AvgIpc) is 3.43. The number of rotatable bonds is 6. The zero-order valence-corrected chi connectivity index (χ0v) is 23.3. The van der Waals surface area contributed by atoms with Gasteiger partial charge < -0.3 is 25.0 Å². The van der Waals surface area contributed by atoms with Crippen molar-refractivity contribution in [3.63, 3.8) is 0 Å². The zero-order chi connectivity index (χ0) is 28.3. The molecule has 2 N–H and O–H groups in total. The number of anilines is 2. The first-order valence-corrected chi connectivity index (χ1v) is 13.9. The summed E-state index contributed by atoms with van der Waals surface area (Å²) < 4.78 is 7.11. The van der Waals surface area contributed by atoms with Gasteiger partial charge in [0.2, 0.25) is 11.9 Å². The van der Waals surface area contributed by atoms with Crippen LogP contribution in [-0.4, -0.2) is 70.3 Å². The van der Waals surface area contributed by atoms with E-state index in [9.17, 15) is 19.5 Å². The van der Waals surface area contributed by atoms with Gasteiger partial charge in [-0.1, -0.05) is 18.2 Å². The van der Waals surface area contributed by atoms with Gasteiger partial charge in [0.15, 0.2) is 0 Å². The maximum atomic E-state index is 13.6. The van der Waals surface area contributed by atoms with Gasteiger partial charge in [0.05, 0.1) is 41.8 Å². The lowest BCUT2D eigenvalue weighted by atomic mass is 10.0.